The number of aldehydes is 1. The van der Waals surface area contributed by atoms with E-state index >= 15 is 0 Å². The lowest BCUT2D eigenvalue weighted by molar-refractivity contribution is 0.112. The molecule has 0 atom stereocenters. The van der Waals surface area contributed by atoms with Crippen molar-refractivity contribution < 1.29 is 23.8 Å². The van der Waals surface area contributed by atoms with E-state index in [-0.39, 0.29) is 39.2 Å². The summed E-state index contributed by atoms with van der Waals surface area (Å²) < 4.78 is 15.8. The molecule has 3 aromatic rings. The second-order valence-corrected chi connectivity index (χ2v) is 5.04. The lowest BCUT2D eigenvalue weighted by atomic mass is 10.1. The molecule has 0 saturated carbocycles. The van der Waals surface area contributed by atoms with Crippen molar-refractivity contribution in [3.05, 3.63) is 52.2 Å². The van der Waals surface area contributed by atoms with Crippen molar-refractivity contribution in [3.8, 4) is 28.6 Å². The van der Waals surface area contributed by atoms with Gasteiger partial charge in [-0.05, 0) is 30.3 Å². The molecule has 3 rings (SSSR count). The van der Waals surface area contributed by atoms with Crippen molar-refractivity contribution in [2.45, 2.75) is 0 Å². The Balaban J connectivity index is 2.29. The molecule has 0 aliphatic heterocycles. The van der Waals surface area contributed by atoms with Gasteiger partial charge in [0.15, 0.2) is 28.8 Å². The Labute approximate surface area is 136 Å². The fourth-order valence-electron chi connectivity index (χ4n) is 2.44. The third kappa shape index (κ3) is 2.48. The van der Waals surface area contributed by atoms with E-state index in [1.165, 1.54) is 19.2 Å². The first-order chi connectivity index (χ1) is 11.6. The van der Waals surface area contributed by atoms with Crippen molar-refractivity contribution >= 4 is 17.3 Å². The number of phenols is 1. The highest BCUT2D eigenvalue weighted by molar-refractivity contribution is 5.99. The number of aromatic hydroxyl groups is 1. The number of rotatable bonds is 4. The molecule has 0 amide bonds. The number of carbonyl (C=O) groups is 1. The predicted octanol–water partition coefficient (Wildman–Crippen LogP) is 3.00. The summed E-state index contributed by atoms with van der Waals surface area (Å²) in [5, 5.41) is 10.2. The van der Waals surface area contributed by atoms with Crippen LogP contribution in [0.5, 0.6) is 17.2 Å². The normalized spacial score (nSPS) is 10.6. The minimum atomic E-state index is -0.366. The molecule has 1 aromatic heterocycles. The molecule has 0 unspecified atom stereocenters. The highest BCUT2D eigenvalue weighted by Crippen LogP contribution is 2.36. The average Bonchev–Trinajstić information content (AvgIpc) is 2.61. The zero-order valence-corrected chi connectivity index (χ0v) is 13.0. The van der Waals surface area contributed by atoms with Gasteiger partial charge in [-0.25, -0.2) is 0 Å². The third-order valence-electron chi connectivity index (χ3n) is 3.71. The van der Waals surface area contributed by atoms with Crippen molar-refractivity contribution in [1.82, 2.24) is 0 Å². The third-order valence-corrected chi connectivity index (χ3v) is 3.71. The molecule has 0 fully saturated rings. The van der Waals surface area contributed by atoms with E-state index < -0.39 is 0 Å². The van der Waals surface area contributed by atoms with Crippen LogP contribution in [0.3, 0.4) is 0 Å². The van der Waals surface area contributed by atoms with Crippen LogP contribution in [0, 0.1) is 0 Å². The van der Waals surface area contributed by atoms with Crippen LogP contribution in [0.1, 0.15) is 10.4 Å². The minimum Gasteiger partial charge on any atom is -0.504 e. The summed E-state index contributed by atoms with van der Waals surface area (Å²) in [6, 6.07) is 9.59. The highest BCUT2D eigenvalue weighted by Gasteiger charge is 2.18. The first-order valence-corrected chi connectivity index (χ1v) is 7.06. The van der Waals surface area contributed by atoms with Gasteiger partial charge < -0.3 is 19.0 Å². The summed E-state index contributed by atoms with van der Waals surface area (Å²) >= 11 is 0. The maximum Gasteiger partial charge on any atom is 0.193 e. The van der Waals surface area contributed by atoms with Gasteiger partial charge in [0.05, 0.1) is 19.6 Å². The monoisotopic (exact) mass is 326 g/mol. The molecule has 0 radical (unpaired) electrons. The van der Waals surface area contributed by atoms with Gasteiger partial charge in [-0.1, -0.05) is 0 Å². The maximum atomic E-state index is 12.4. The molecule has 0 spiro atoms. The fourth-order valence-corrected chi connectivity index (χ4v) is 2.44. The Morgan fingerprint density at radius 3 is 2.38 bits per heavy atom. The van der Waals surface area contributed by atoms with Gasteiger partial charge in [-0.3, -0.25) is 9.59 Å². The van der Waals surface area contributed by atoms with Gasteiger partial charge in [-0.15, -0.1) is 0 Å². The average molecular weight is 326 g/mol. The number of ether oxygens (including phenoxy) is 2. The number of hydrogen-bond acceptors (Lipinski definition) is 6. The van der Waals surface area contributed by atoms with E-state index in [2.05, 4.69) is 0 Å². The number of benzene rings is 2. The topological polar surface area (TPSA) is 86.0 Å². The smallest absolute Gasteiger partial charge is 0.193 e. The molecular weight excluding hydrogens is 312 g/mol. The number of phenolic OH excluding ortho intramolecular Hbond substituents is 1. The summed E-state index contributed by atoms with van der Waals surface area (Å²) in [6.07, 6.45) is 0.431. The Hall–Kier alpha value is -3.28. The van der Waals surface area contributed by atoms with Crippen LogP contribution in [0.4, 0.5) is 0 Å². The first-order valence-electron chi connectivity index (χ1n) is 7.06. The van der Waals surface area contributed by atoms with E-state index in [1.807, 2.05) is 0 Å². The molecule has 24 heavy (non-hydrogen) atoms. The molecule has 2 aromatic carbocycles. The zero-order valence-electron chi connectivity index (χ0n) is 13.0. The van der Waals surface area contributed by atoms with Gasteiger partial charge >= 0.3 is 0 Å². The lowest BCUT2D eigenvalue weighted by Crippen LogP contribution is -2.03. The van der Waals surface area contributed by atoms with Crippen LogP contribution < -0.4 is 14.9 Å². The van der Waals surface area contributed by atoms with Crippen LogP contribution in [0.2, 0.25) is 0 Å². The summed E-state index contributed by atoms with van der Waals surface area (Å²) in [6.45, 7) is 0. The van der Waals surface area contributed by atoms with Gasteiger partial charge in [0.25, 0.3) is 0 Å². The van der Waals surface area contributed by atoms with Crippen LogP contribution in [-0.4, -0.2) is 25.6 Å². The summed E-state index contributed by atoms with van der Waals surface area (Å²) in [5.74, 6) is 0.616. The second-order valence-electron chi connectivity index (χ2n) is 5.04. The molecule has 6 heteroatoms. The van der Waals surface area contributed by atoms with Crippen LogP contribution >= 0.6 is 0 Å². The van der Waals surface area contributed by atoms with Crippen LogP contribution in [0.15, 0.2) is 45.6 Å². The zero-order chi connectivity index (χ0) is 17.3. The molecule has 1 heterocycles. The van der Waals surface area contributed by atoms with Crippen molar-refractivity contribution in [2.75, 3.05) is 14.2 Å². The van der Waals surface area contributed by atoms with E-state index in [1.54, 1.807) is 31.4 Å². The number of methoxy groups -OCH3 is 2. The molecule has 0 bridgehead atoms. The molecule has 122 valence electrons. The predicted molar refractivity (Wildman–Crippen MR) is 88.1 cm³/mol. The molecule has 0 aliphatic carbocycles. The maximum absolute atomic E-state index is 12.4. The molecule has 1 N–H and O–H groups in total. The Morgan fingerprint density at radius 1 is 1.08 bits per heavy atom. The lowest BCUT2D eigenvalue weighted by Gasteiger charge is -2.10. The van der Waals surface area contributed by atoms with Gasteiger partial charge in [0, 0.05) is 11.6 Å². The van der Waals surface area contributed by atoms with E-state index in [0.717, 1.165) is 0 Å². The standard InChI is InChI=1S/C18H14O6/c1-22-11-5-3-10(4-6-11)15-8-14(20)12-7-16(23-2)17(21)13(9-19)18(12)24-15/h3-9,21H,1-2H3. The summed E-state index contributed by atoms with van der Waals surface area (Å²) in [4.78, 5) is 23.8. The Bertz CT molecular complexity index is 969. The molecule has 0 aliphatic rings. The minimum absolute atomic E-state index is 0.0154. The Morgan fingerprint density at radius 2 is 1.79 bits per heavy atom. The van der Waals surface area contributed by atoms with E-state index in [4.69, 9.17) is 13.9 Å². The van der Waals surface area contributed by atoms with E-state index in [9.17, 15) is 14.7 Å². The molecule has 0 saturated heterocycles. The van der Waals surface area contributed by atoms with Crippen LogP contribution in [0.25, 0.3) is 22.3 Å². The molecule has 6 nitrogen and oxygen atoms in total. The number of hydrogen-bond donors (Lipinski definition) is 1. The van der Waals surface area contributed by atoms with Gasteiger partial charge in [0.1, 0.15) is 17.1 Å². The van der Waals surface area contributed by atoms with Crippen molar-refractivity contribution in [1.29, 1.82) is 0 Å². The highest BCUT2D eigenvalue weighted by atomic mass is 16.5. The number of carbonyl (C=O) groups excluding carboxylic acids is 1. The quantitative estimate of drug-likeness (QED) is 0.742. The van der Waals surface area contributed by atoms with Crippen LogP contribution in [-0.2, 0) is 0 Å². The first kappa shape index (κ1) is 15.6. The Kier molecular flexibility index (Phi) is 3.95. The SMILES string of the molecule is COc1ccc(-c2cc(=O)c3cc(OC)c(O)c(C=O)c3o2)cc1. The van der Waals surface area contributed by atoms with Gasteiger partial charge in [-0.2, -0.15) is 0 Å². The van der Waals surface area contributed by atoms with Crippen molar-refractivity contribution in [2.24, 2.45) is 0 Å². The summed E-state index contributed by atoms with van der Waals surface area (Å²) in [5.41, 5.74) is 0.184. The number of fused-ring (bicyclic) bond motifs is 1. The summed E-state index contributed by atoms with van der Waals surface area (Å²) in [7, 11) is 2.89. The van der Waals surface area contributed by atoms with E-state index in [0.29, 0.717) is 17.6 Å². The second kappa shape index (κ2) is 6.08. The van der Waals surface area contributed by atoms with Gasteiger partial charge in [0.2, 0.25) is 0 Å². The van der Waals surface area contributed by atoms with Crippen molar-refractivity contribution in [3.63, 3.8) is 0 Å². The fraction of sp³-hybridized carbons (Fsp3) is 0.111. The largest absolute Gasteiger partial charge is 0.504 e. The molecular formula is C18H14O6.